The molecule has 0 amide bonds. The van der Waals surface area contributed by atoms with Crippen molar-refractivity contribution < 1.29 is 0 Å². The zero-order chi connectivity index (χ0) is 13.2. The van der Waals surface area contributed by atoms with Gasteiger partial charge < -0.3 is 5.32 Å². The van der Waals surface area contributed by atoms with E-state index in [0.717, 1.165) is 17.3 Å². The summed E-state index contributed by atoms with van der Waals surface area (Å²) in [6.45, 7) is 8.77. The number of aliphatic imine (C=N–C) groups is 1. The van der Waals surface area contributed by atoms with Gasteiger partial charge >= 0.3 is 0 Å². The molecule has 0 aliphatic carbocycles. The lowest BCUT2D eigenvalue weighted by Crippen LogP contribution is -2.29. The van der Waals surface area contributed by atoms with Crippen molar-refractivity contribution in [3.05, 3.63) is 29.3 Å². The fraction of sp³-hybridized carbons (Fsp3) is 0.533. The van der Waals surface area contributed by atoms with E-state index in [1.807, 2.05) is 11.8 Å². The monoisotopic (exact) mass is 262 g/mol. The molecule has 1 unspecified atom stereocenters. The van der Waals surface area contributed by atoms with Crippen molar-refractivity contribution in [1.82, 2.24) is 0 Å². The maximum absolute atomic E-state index is 4.87. The summed E-state index contributed by atoms with van der Waals surface area (Å²) in [6.07, 6.45) is 2.28. The molecule has 0 spiro atoms. The number of hydrogen-bond donors (Lipinski definition) is 1. The summed E-state index contributed by atoms with van der Waals surface area (Å²) in [7, 11) is 0. The molecule has 1 aromatic rings. The molecule has 0 bridgehead atoms. The van der Waals surface area contributed by atoms with Crippen LogP contribution < -0.4 is 5.32 Å². The van der Waals surface area contributed by atoms with E-state index >= 15 is 0 Å². The van der Waals surface area contributed by atoms with E-state index in [2.05, 4.69) is 51.2 Å². The first kappa shape index (κ1) is 13.5. The van der Waals surface area contributed by atoms with Gasteiger partial charge in [0.2, 0.25) is 0 Å². The summed E-state index contributed by atoms with van der Waals surface area (Å²) >= 11 is 1.83. The Bertz CT molecular complexity index is 468. The Hall–Kier alpha value is -0.960. The van der Waals surface area contributed by atoms with Gasteiger partial charge in [0.25, 0.3) is 0 Å². The molecule has 1 aromatic carbocycles. The van der Waals surface area contributed by atoms with E-state index in [1.165, 1.54) is 23.2 Å². The highest BCUT2D eigenvalue weighted by Crippen LogP contribution is 2.30. The second-order valence-corrected chi connectivity index (χ2v) is 6.32. The van der Waals surface area contributed by atoms with Crippen LogP contribution in [0.2, 0.25) is 0 Å². The summed E-state index contributed by atoms with van der Waals surface area (Å²) in [5.74, 6) is 1.15. The van der Waals surface area contributed by atoms with E-state index in [4.69, 9.17) is 4.99 Å². The van der Waals surface area contributed by atoms with Crippen molar-refractivity contribution in [3.8, 4) is 0 Å². The second kappa shape index (κ2) is 5.35. The Labute approximate surface area is 114 Å². The van der Waals surface area contributed by atoms with Gasteiger partial charge in [0.1, 0.15) is 0 Å². The Morgan fingerprint density at radius 2 is 2.17 bits per heavy atom. The number of hydrogen-bond acceptors (Lipinski definition) is 3. The number of rotatable bonds is 2. The highest BCUT2D eigenvalue weighted by molar-refractivity contribution is 8.14. The molecule has 0 aromatic heterocycles. The minimum atomic E-state index is 0.116. The molecule has 2 rings (SSSR count). The van der Waals surface area contributed by atoms with Crippen LogP contribution in [-0.2, 0) is 0 Å². The van der Waals surface area contributed by atoms with Crippen molar-refractivity contribution in [3.63, 3.8) is 0 Å². The van der Waals surface area contributed by atoms with Crippen molar-refractivity contribution in [2.45, 2.75) is 46.1 Å². The summed E-state index contributed by atoms with van der Waals surface area (Å²) in [5.41, 5.74) is 3.93. The molecule has 0 saturated carbocycles. The maximum Gasteiger partial charge on any atom is 0.161 e. The van der Waals surface area contributed by atoms with Crippen molar-refractivity contribution >= 4 is 22.6 Å². The molecule has 1 aliphatic rings. The number of thioether (sulfide) groups is 1. The second-order valence-electron chi connectivity index (χ2n) is 5.24. The van der Waals surface area contributed by atoms with Crippen LogP contribution in [0.15, 0.2) is 23.2 Å². The lowest BCUT2D eigenvalue weighted by molar-refractivity contribution is 0.443. The van der Waals surface area contributed by atoms with Crippen LogP contribution in [-0.4, -0.2) is 16.5 Å². The summed E-state index contributed by atoms with van der Waals surface area (Å²) in [4.78, 5) is 4.87. The maximum atomic E-state index is 4.87. The molecule has 3 heteroatoms. The topological polar surface area (TPSA) is 24.4 Å². The van der Waals surface area contributed by atoms with Gasteiger partial charge in [-0.1, -0.05) is 30.8 Å². The molecule has 1 heterocycles. The van der Waals surface area contributed by atoms with Crippen molar-refractivity contribution in [2.75, 3.05) is 11.1 Å². The molecular formula is C15H22N2S. The molecule has 1 N–H and O–H groups in total. The molecule has 0 saturated heterocycles. The summed E-state index contributed by atoms with van der Waals surface area (Å²) in [5, 5.41) is 4.56. The molecule has 1 aliphatic heterocycles. The minimum absolute atomic E-state index is 0.116. The van der Waals surface area contributed by atoms with Gasteiger partial charge in [0.15, 0.2) is 5.17 Å². The predicted octanol–water partition coefficient (Wildman–Crippen LogP) is 4.38. The van der Waals surface area contributed by atoms with Crippen LogP contribution in [0.5, 0.6) is 0 Å². The Kier molecular flexibility index (Phi) is 4.00. The highest BCUT2D eigenvalue weighted by atomic mass is 32.2. The lowest BCUT2D eigenvalue weighted by atomic mass is 9.97. The van der Waals surface area contributed by atoms with Gasteiger partial charge in [0.05, 0.1) is 5.54 Å². The average molecular weight is 262 g/mol. The average Bonchev–Trinajstić information content (AvgIpc) is 2.35. The first-order valence-electron chi connectivity index (χ1n) is 6.60. The molecule has 1 atom stereocenters. The van der Waals surface area contributed by atoms with Gasteiger partial charge in [-0.3, -0.25) is 4.99 Å². The third kappa shape index (κ3) is 2.89. The first-order chi connectivity index (χ1) is 8.54. The Morgan fingerprint density at radius 1 is 1.39 bits per heavy atom. The van der Waals surface area contributed by atoms with Gasteiger partial charge in [-0.05, 0) is 50.8 Å². The van der Waals surface area contributed by atoms with E-state index < -0.39 is 0 Å². The Balaban J connectivity index is 2.21. The minimum Gasteiger partial charge on any atom is -0.335 e. The number of amidine groups is 1. The van der Waals surface area contributed by atoms with Crippen LogP contribution >= 0.6 is 11.8 Å². The van der Waals surface area contributed by atoms with Crippen LogP contribution in [0.3, 0.4) is 0 Å². The number of nitrogens with zero attached hydrogens (tertiary/aromatic N) is 1. The van der Waals surface area contributed by atoms with Crippen molar-refractivity contribution in [2.24, 2.45) is 4.99 Å². The molecule has 0 radical (unpaired) electrons. The zero-order valence-corrected chi connectivity index (χ0v) is 12.5. The molecule has 98 valence electrons. The molecular weight excluding hydrogens is 240 g/mol. The number of nitrogens with one attached hydrogen (secondary N) is 1. The smallest absolute Gasteiger partial charge is 0.161 e. The summed E-state index contributed by atoms with van der Waals surface area (Å²) < 4.78 is 0. The standard InChI is InChI=1S/C15H22N2S/c1-5-15(4)9-10-18-14(17-15)16-13-8-6-7-11(2)12(13)3/h6-8H,5,9-10H2,1-4H3,(H,16,17). The van der Waals surface area contributed by atoms with Crippen LogP contribution in [0, 0.1) is 13.8 Å². The van der Waals surface area contributed by atoms with Crippen LogP contribution in [0.1, 0.15) is 37.8 Å². The third-order valence-corrected chi connectivity index (χ3v) is 4.73. The SMILES string of the molecule is CCC1(C)CCSC(Nc2cccc(C)c2C)=N1. The third-order valence-electron chi connectivity index (χ3n) is 3.86. The van der Waals surface area contributed by atoms with E-state index in [9.17, 15) is 0 Å². The van der Waals surface area contributed by atoms with Gasteiger partial charge in [-0.25, -0.2) is 0 Å². The van der Waals surface area contributed by atoms with E-state index in [0.29, 0.717) is 0 Å². The Morgan fingerprint density at radius 3 is 2.89 bits per heavy atom. The molecule has 2 nitrogen and oxygen atoms in total. The largest absolute Gasteiger partial charge is 0.335 e. The normalized spacial score (nSPS) is 23.7. The van der Waals surface area contributed by atoms with Crippen LogP contribution in [0.25, 0.3) is 0 Å². The quantitative estimate of drug-likeness (QED) is 0.855. The van der Waals surface area contributed by atoms with Crippen molar-refractivity contribution in [1.29, 1.82) is 0 Å². The highest BCUT2D eigenvalue weighted by Gasteiger charge is 2.26. The number of aryl methyl sites for hydroxylation is 1. The number of benzene rings is 1. The van der Waals surface area contributed by atoms with Gasteiger partial charge in [-0.2, -0.15) is 0 Å². The fourth-order valence-corrected chi connectivity index (χ4v) is 3.22. The van der Waals surface area contributed by atoms with E-state index in [-0.39, 0.29) is 5.54 Å². The van der Waals surface area contributed by atoms with Gasteiger partial charge in [-0.15, -0.1) is 0 Å². The van der Waals surface area contributed by atoms with Gasteiger partial charge in [0, 0.05) is 11.4 Å². The molecule has 18 heavy (non-hydrogen) atoms. The van der Waals surface area contributed by atoms with Crippen LogP contribution in [0.4, 0.5) is 5.69 Å². The predicted molar refractivity (Wildman–Crippen MR) is 82.7 cm³/mol. The molecule has 0 fully saturated rings. The first-order valence-corrected chi connectivity index (χ1v) is 7.58. The zero-order valence-electron chi connectivity index (χ0n) is 11.7. The van der Waals surface area contributed by atoms with E-state index in [1.54, 1.807) is 0 Å². The number of anilines is 1. The fourth-order valence-electron chi connectivity index (χ4n) is 2.02. The summed E-state index contributed by atoms with van der Waals surface area (Å²) in [6, 6.07) is 6.37. The lowest BCUT2D eigenvalue weighted by Gasteiger charge is -2.29.